The quantitative estimate of drug-likeness (QED) is 0.804. The van der Waals surface area contributed by atoms with Crippen LogP contribution < -0.4 is 11.1 Å². The zero-order valence-electron chi connectivity index (χ0n) is 10.5. The second kappa shape index (κ2) is 6.08. The van der Waals surface area contributed by atoms with Gasteiger partial charge in [0.05, 0.1) is 6.54 Å². The molecule has 1 aliphatic heterocycles. The molecule has 2 rings (SSSR count). The average Bonchev–Trinajstić information content (AvgIpc) is 2.56. The van der Waals surface area contributed by atoms with E-state index in [2.05, 4.69) is 5.32 Å². The van der Waals surface area contributed by atoms with Crippen molar-refractivity contribution in [2.75, 3.05) is 19.6 Å². The first-order chi connectivity index (χ1) is 9.06. The molecule has 0 aliphatic carbocycles. The highest BCUT2D eigenvalue weighted by Gasteiger charge is 2.15. The molecule has 0 atom stereocenters. The maximum Gasteiger partial charge on any atom is 0.234 e. The Bertz CT molecular complexity index is 507. The van der Waals surface area contributed by atoms with Crippen LogP contribution in [0.1, 0.15) is 17.5 Å². The van der Waals surface area contributed by atoms with Crippen LogP contribution in [0.2, 0.25) is 0 Å². The van der Waals surface area contributed by atoms with Crippen LogP contribution in [0.25, 0.3) is 0 Å². The summed E-state index contributed by atoms with van der Waals surface area (Å²) in [5.41, 5.74) is 6.64. The van der Waals surface area contributed by atoms with Crippen molar-refractivity contribution in [3.05, 3.63) is 35.1 Å². The minimum absolute atomic E-state index is 0.0224. The number of halogens is 1. The van der Waals surface area contributed by atoms with Crippen molar-refractivity contribution in [2.45, 2.75) is 13.0 Å². The topological polar surface area (TPSA) is 58.4 Å². The van der Waals surface area contributed by atoms with Gasteiger partial charge in [0.2, 0.25) is 5.91 Å². The van der Waals surface area contributed by atoms with Crippen molar-refractivity contribution in [3.63, 3.8) is 0 Å². The first kappa shape index (κ1) is 13.9. The largest absolute Gasteiger partial charge is 0.389 e. The van der Waals surface area contributed by atoms with Crippen LogP contribution in [0, 0.1) is 5.82 Å². The lowest BCUT2D eigenvalue weighted by Crippen LogP contribution is -2.32. The van der Waals surface area contributed by atoms with E-state index in [0.29, 0.717) is 19.6 Å². The molecule has 1 aromatic rings. The molecular formula is C13H16FN3OS. The lowest BCUT2D eigenvalue weighted by atomic mass is 10.1. The van der Waals surface area contributed by atoms with Gasteiger partial charge in [-0.15, -0.1) is 0 Å². The van der Waals surface area contributed by atoms with Gasteiger partial charge < -0.3 is 11.1 Å². The number of benzene rings is 1. The van der Waals surface area contributed by atoms with E-state index in [1.54, 1.807) is 12.1 Å². The van der Waals surface area contributed by atoms with E-state index >= 15 is 0 Å². The Kier molecular flexibility index (Phi) is 4.44. The number of carbonyl (C=O) groups excluding carboxylic acids is 1. The summed E-state index contributed by atoms with van der Waals surface area (Å²) in [6, 6.07) is 4.71. The van der Waals surface area contributed by atoms with Crippen LogP contribution in [-0.2, 0) is 11.3 Å². The molecule has 0 unspecified atom stereocenters. The standard InChI is InChI=1S/C13H16FN3OS/c14-11-3-2-9(6-10(11)13(15)19)7-17-5-1-4-16-12(18)8-17/h2-3,6H,1,4-5,7-8H2,(H2,15,19)(H,16,18). The number of hydrogen-bond acceptors (Lipinski definition) is 3. The maximum absolute atomic E-state index is 13.5. The van der Waals surface area contributed by atoms with Crippen LogP contribution in [0.4, 0.5) is 4.39 Å². The first-order valence-corrected chi connectivity index (χ1v) is 6.54. The summed E-state index contributed by atoms with van der Waals surface area (Å²) in [4.78, 5) is 13.5. The summed E-state index contributed by atoms with van der Waals surface area (Å²) in [7, 11) is 0. The zero-order chi connectivity index (χ0) is 13.8. The molecule has 0 saturated carbocycles. The molecule has 4 nitrogen and oxygen atoms in total. The van der Waals surface area contributed by atoms with E-state index in [1.165, 1.54) is 6.07 Å². The number of nitrogens with one attached hydrogen (secondary N) is 1. The number of rotatable bonds is 3. The Hall–Kier alpha value is -1.53. The van der Waals surface area contributed by atoms with Gasteiger partial charge in [-0.05, 0) is 24.1 Å². The molecule has 0 spiro atoms. The van der Waals surface area contributed by atoms with Crippen LogP contribution >= 0.6 is 12.2 Å². The minimum atomic E-state index is -0.412. The summed E-state index contributed by atoms with van der Waals surface area (Å²) >= 11 is 4.81. The Balaban J connectivity index is 2.12. The summed E-state index contributed by atoms with van der Waals surface area (Å²) < 4.78 is 13.5. The Morgan fingerprint density at radius 1 is 1.53 bits per heavy atom. The van der Waals surface area contributed by atoms with E-state index in [9.17, 15) is 9.18 Å². The molecule has 1 saturated heterocycles. The van der Waals surface area contributed by atoms with Gasteiger partial charge >= 0.3 is 0 Å². The molecule has 102 valence electrons. The highest BCUT2D eigenvalue weighted by molar-refractivity contribution is 7.80. The average molecular weight is 281 g/mol. The highest BCUT2D eigenvalue weighted by atomic mass is 32.1. The van der Waals surface area contributed by atoms with Crippen molar-refractivity contribution >= 4 is 23.1 Å². The molecule has 1 aliphatic rings. The molecule has 0 aromatic heterocycles. The predicted molar refractivity (Wildman–Crippen MR) is 75.2 cm³/mol. The molecule has 1 fully saturated rings. The predicted octanol–water partition coefficient (Wildman–Crippen LogP) is 0.782. The number of hydrogen-bond donors (Lipinski definition) is 2. The zero-order valence-corrected chi connectivity index (χ0v) is 11.3. The summed E-state index contributed by atoms with van der Waals surface area (Å²) in [6.45, 7) is 2.48. The van der Waals surface area contributed by atoms with Crippen LogP contribution in [0.15, 0.2) is 18.2 Å². The van der Waals surface area contributed by atoms with E-state index in [1.807, 2.05) is 4.90 Å². The Morgan fingerprint density at radius 2 is 2.32 bits per heavy atom. The van der Waals surface area contributed by atoms with E-state index in [4.69, 9.17) is 18.0 Å². The highest BCUT2D eigenvalue weighted by Crippen LogP contribution is 2.13. The summed E-state index contributed by atoms with van der Waals surface area (Å²) in [5.74, 6) is -0.390. The fraction of sp³-hybridized carbons (Fsp3) is 0.385. The van der Waals surface area contributed by atoms with Gasteiger partial charge in [-0.25, -0.2) is 4.39 Å². The van der Waals surface area contributed by atoms with Gasteiger partial charge in [0.15, 0.2) is 0 Å². The molecule has 1 amide bonds. The smallest absolute Gasteiger partial charge is 0.234 e. The number of nitrogens with zero attached hydrogens (tertiary/aromatic N) is 1. The third-order valence-electron chi connectivity index (χ3n) is 3.04. The fourth-order valence-electron chi connectivity index (χ4n) is 2.12. The molecule has 1 heterocycles. The van der Waals surface area contributed by atoms with Gasteiger partial charge in [-0.2, -0.15) is 0 Å². The normalized spacial score (nSPS) is 16.8. The monoisotopic (exact) mass is 281 g/mol. The number of amides is 1. The van der Waals surface area contributed by atoms with Gasteiger partial charge in [0, 0.05) is 25.2 Å². The summed E-state index contributed by atoms with van der Waals surface area (Å²) in [6.07, 6.45) is 0.912. The third kappa shape index (κ3) is 3.71. The van der Waals surface area contributed by atoms with E-state index < -0.39 is 5.82 Å². The van der Waals surface area contributed by atoms with Gasteiger partial charge in [-0.1, -0.05) is 18.3 Å². The third-order valence-corrected chi connectivity index (χ3v) is 3.26. The second-order valence-electron chi connectivity index (χ2n) is 4.59. The fourth-order valence-corrected chi connectivity index (χ4v) is 2.28. The molecule has 6 heteroatoms. The second-order valence-corrected chi connectivity index (χ2v) is 5.03. The molecule has 1 aromatic carbocycles. The van der Waals surface area contributed by atoms with Gasteiger partial charge in [0.25, 0.3) is 0 Å². The first-order valence-electron chi connectivity index (χ1n) is 6.13. The van der Waals surface area contributed by atoms with Crippen molar-refractivity contribution < 1.29 is 9.18 Å². The van der Waals surface area contributed by atoms with Crippen LogP contribution in [0.5, 0.6) is 0 Å². The number of thiocarbonyl (C=S) groups is 1. The van der Waals surface area contributed by atoms with Crippen molar-refractivity contribution in [2.24, 2.45) is 5.73 Å². The lowest BCUT2D eigenvalue weighted by molar-refractivity contribution is -0.121. The SMILES string of the molecule is NC(=S)c1cc(CN2CCCNC(=O)C2)ccc1F. The minimum Gasteiger partial charge on any atom is -0.389 e. The maximum atomic E-state index is 13.5. The van der Waals surface area contributed by atoms with E-state index in [0.717, 1.165) is 18.5 Å². The van der Waals surface area contributed by atoms with Crippen molar-refractivity contribution in [1.29, 1.82) is 0 Å². The Labute approximate surface area is 116 Å². The summed E-state index contributed by atoms with van der Waals surface area (Å²) in [5, 5.41) is 2.82. The molecule has 0 bridgehead atoms. The van der Waals surface area contributed by atoms with Crippen LogP contribution in [0.3, 0.4) is 0 Å². The van der Waals surface area contributed by atoms with Gasteiger partial charge in [-0.3, -0.25) is 9.69 Å². The van der Waals surface area contributed by atoms with Crippen LogP contribution in [-0.4, -0.2) is 35.4 Å². The molecule has 19 heavy (non-hydrogen) atoms. The van der Waals surface area contributed by atoms with Crippen molar-refractivity contribution in [3.8, 4) is 0 Å². The van der Waals surface area contributed by atoms with Gasteiger partial charge in [0.1, 0.15) is 10.8 Å². The molecule has 0 radical (unpaired) electrons. The Morgan fingerprint density at radius 3 is 3.05 bits per heavy atom. The lowest BCUT2D eigenvalue weighted by Gasteiger charge is -2.18. The molecule has 3 N–H and O–H groups in total. The number of carbonyl (C=O) groups is 1. The van der Waals surface area contributed by atoms with E-state index in [-0.39, 0.29) is 16.5 Å². The molecular weight excluding hydrogens is 265 g/mol. The number of nitrogens with two attached hydrogens (primary N) is 1. The van der Waals surface area contributed by atoms with Crippen molar-refractivity contribution in [1.82, 2.24) is 10.2 Å².